The van der Waals surface area contributed by atoms with Gasteiger partial charge in [-0.15, -0.1) is 0 Å². The molecule has 2 nitrogen and oxygen atoms in total. The van der Waals surface area contributed by atoms with Gasteiger partial charge in [0, 0.05) is 10.2 Å². The van der Waals surface area contributed by atoms with Crippen LogP contribution < -0.4 is 5.32 Å². The Bertz CT molecular complexity index is 337. The van der Waals surface area contributed by atoms with E-state index in [1.165, 1.54) is 0 Å². The Balaban J connectivity index is 2.78. The van der Waals surface area contributed by atoms with Gasteiger partial charge in [-0.25, -0.2) is 0 Å². The molecule has 0 saturated heterocycles. The molecule has 2 N–H and O–H groups in total. The van der Waals surface area contributed by atoms with Crippen LogP contribution >= 0.6 is 15.9 Å². The van der Waals surface area contributed by atoms with Crippen molar-refractivity contribution in [3.05, 3.63) is 28.7 Å². The van der Waals surface area contributed by atoms with Crippen LogP contribution in [-0.2, 0) is 0 Å². The van der Waals surface area contributed by atoms with Crippen molar-refractivity contribution in [2.24, 2.45) is 0 Å². The van der Waals surface area contributed by atoms with Gasteiger partial charge in [0.25, 0.3) is 0 Å². The number of anilines is 1. The highest BCUT2D eigenvalue weighted by atomic mass is 79.9. The molecule has 3 heteroatoms. The maximum atomic E-state index is 9.66. The Labute approximate surface area is 113 Å². The Morgan fingerprint density at radius 3 is 2.65 bits per heavy atom. The summed E-state index contributed by atoms with van der Waals surface area (Å²) in [4.78, 5) is 0. The molecule has 1 aromatic carbocycles. The van der Waals surface area contributed by atoms with Crippen molar-refractivity contribution in [1.82, 2.24) is 0 Å². The van der Waals surface area contributed by atoms with Crippen LogP contribution in [0, 0.1) is 0 Å². The van der Waals surface area contributed by atoms with Gasteiger partial charge < -0.3 is 10.4 Å². The van der Waals surface area contributed by atoms with Crippen molar-refractivity contribution in [2.45, 2.75) is 45.1 Å². The summed E-state index contributed by atoms with van der Waals surface area (Å²) >= 11 is 3.46. The van der Waals surface area contributed by atoms with E-state index in [1.54, 1.807) is 0 Å². The molecular weight excluding hydrogens is 278 g/mol. The van der Waals surface area contributed by atoms with Crippen molar-refractivity contribution in [1.29, 1.82) is 0 Å². The highest BCUT2D eigenvalue weighted by Crippen LogP contribution is 2.25. The Kier molecular flexibility index (Phi) is 6.00. The van der Waals surface area contributed by atoms with Crippen molar-refractivity contribution in [2.75, 3.05) is 11.9 Å². The molecular formula is C14H22BrNO. The third kappa shape index (κ3) is 4.32. The molecule has 96 valence electrons. The molecule has 0 aliphatic rings. The molecule has 17 heavy (non-hydrogen) atoms. The standard InChI is InChI=1S/C14H22BrNO/c1-3-5-9-14(4-2,11-17)16-13-8-6-7-12(15)10-13/h6-8,10,16-17H,3-5,9,11H2,1-2H3. The predicted octanol–water partition coefficient (Wildman–Crippen LogP) is 4.19. The van der Waals surface area contributed by atoms with Crippen LogP contribution in [0.4, 0.5) is 5.69 Å². The number of benzene rings is 1. The fourth-order valence-electron chi connectivity index (χ4n) is 1.95. The molecule has 0 saturated carbocycles. The summed E-state index contributed by atoms with van der Waals surface area (Å²) in [5.74, 6) is 0. The summed E-state index contributed by atoms with van der Waals surface area (Å²) in [6.45, 7) is 4.48. The lowest BCUT2D eigenvalue weighted by Gasteiger charge is -2.33. The van der Waals surface area contributed by atoms with E-state index < -0.39 is 0 Å². The summed E-state index contributed by atoms with van der Waals surface area (Å²) in [6, 6.07) is 8.09. The van der Waals surface area contributed by atoms with E-state index in [2.05, 4.69) is 35.1 Å². The molecule has 0 spiro atoms. The van der Waals surface area contributed by atoms with Gasteiger partial charge in [-0.1, -0.05) is 48.7 Å². The van der Waals surface area contributed by atoms with Gasteiger partial charge in [-0.05, 0) is 31.0 Å². The molecule has 1 unspecified atom stereocenters. The highest BCUT2D eigenvalue weighted by molar-refractivity contribution is 9.10. The second-order valence-electron chi connectivity index (χ2n) is 4.53. The molecule has 0 aliphatic carbocycles. The first-order valence-electron chi connectivity index (χ1n) is 6.30. The van der Waals surface area contributed by atoms with E-state index in [4.69, 9.17) is 0 Å². The summed E-state index contributed by atoms with van der Waals surface area (Å²) in [5, 5.41) is 13.1. The van der Waals surface area contributed by atoms with Gasteiger partial charge in [-0.2, -0.15) is 0 Å². The maximum absolute atomic E-state index is 9.66. The lowest BCUT2D eigenvalue weighted by molar-refractivity contribution is 0.195. The minimum absolute atomic E-state index is 0.177. The summed E-state index contributed by atoms with van der Waals surface area (Å²) in [7, 11) is 0. The number of hydrogen-bond donors (Lipinski definition) is 2. The number of aliphatic hydroxyl groups is 1. The fourth-order valence-corrected chi connectivity index (χ4v) is 2.34. The third-order valence-electron chi connectivity index (χ3n) is 3.22. The quantitative estimate of drug-likeness (QED) is 0.791. The van der Waals surface area contributed by atoms with Crippen molar-refractivity contribution in [3.63, 3.8) is 0 Å². The van der Waals surface area contributed by atoms with Crippen LogP contribution in [0.25, 0.3) is 0 Å². The summed E-state index contributed by atoms with van der Waals surface area (Å²) in [6.07, 6.45) is 4.22. The topological polar surface area (TPSA) is 32.3 Å². The predicted molar refractivity (Wildman–Crippen MR) is 77.4 cm³/mol. The van der Waals surface area contributed by atoms with Gasteiger partial charge in [0.2, 0.25) is 0 Å². The van der Waals surface area contributed by atoms with Crippen molar-refractivity contribution < 1.29 is 5.11 Å². The Morgan fingerprint density at radius 1 is 1.35 bits per heavy atom. The number of hydrogen-bond acceptors (Lipinski definition) is 2. The first-order valence-corrected chi connectivity index (χ1v) is 7.09. The summed E-state index contributed by atoms with van der Waals surface area (Å²) < 4.78 is 1.06. The number of aliphatic hydroxyl groups excluding tert-OH is 1. The maximum Gasteiger partial charge on any atom is 0.0661 e. The monoisotopic (exact) mass is 299 g/mol. The largest absolute Gasteiger partial charge is 0.394 e. The SMILES string of the molecule is CCCCC(CC)(CO)Nc1cccc(Br)c1. The van der Waals surface area contributed by atoms with Crippen LogP contribution in [0.2, 0.25) is 0 Å². The van der Waals surface area contributed by atoms with Crippen molar-refractivity contribution >= 4 is 21.6 Å². The van der Waals surface area contributed by atoms with Gasteiger partial charge in [-0.3, -0.25) is 0 Å². The molecule has 1 atom stereocenters. The highest BCUT2D eigenvalue weighted by Gasteiger charge is 2.26. The minimum atomic E-state index is -0.184. The van der Waals surface area contributed by atoms with Crippen LogP contribution in [-0.4, -0.2) is 17.3 Å². The summed E-state index contributed by atoms with van der Waals surface area (Å²) in [5.41, 5.74) is 0.878. The second-order valence-corrected chi connectivity index (χ2v) is 5.45. The number of unbranched alkanes of at least 4 members (excludes halogenated alkanes) is 1. The minimum Gasteiger partial charge on any atom is -0.394 e. The third-order valence-corrected chi connectivity index (χ3v) is 3.72. The van der Waals surface area contributed by atoms with E-state index in [9.17, 15) is 5.11 Å². The van der Waals surface area contributed by atoms with E-state index in [0.717, 1.165) is 35.8 Å². The van der Waals surface area contributed by atoms with Gasteiger partial charge in [0.15, 0.2) is 0 Å². The van der Waals surface area contributed by atoms with Crippen LogP contribution in [0.3, 0.4) is 0 Å². The van der Waals surface area contributed by atoms with E-state index in [0.29, 0.717) is 0 Å². The average Bonchev–Trinajstić information content (AvgIpc) is 2.35. The lowest BCUT2D eigenvalue weighted by Crippen LogP contribution is -2.41. The van der Waals surface area contributed by atoms with Crippen LogP contribution in [0.1, 0.15) is 39.5 Å². The Hall–Kier alpha value is -0.540. The van der Waals surface area contributed by atoms with Crippen molar-refractivity contribution in [3.8, 4) is 0 Å². The number of rotatable bonds is 7. The molecule has 0 heterocycles. The normalized spacial score (nSPS) is 14.4. The Morgan fingerprint density at radius 2 is 2.12 bits per heavy atom. The molecule has 0 aliphatic heterocycles. The smallest absolute Gasteiger partial charge is 0.0661 e. The zero-order chi connectivity index (χ0) is 12.7. The average molecular weight is 300 g/mol. The second kappa shape index (κ2) is 7.02. The lowest BCUT2D eigenvalue weighted by atomic mass is 9.90. The van der Waals surface area contributed by atoms with Gasteiger partial charge >= 0.3 is 0 Å². The number of nitrogens with one attached hydrogen (secondary N) is 1. The molecule has 0 bridgehead atoms. The fraction of sp³-hybridized carbons (Fsp3) is 0.571. The van der Waals surface area contributed by atoms with E-state index in [1.807, 2.05) is 24.3 Å². The number of halogens is 1. The first-order chi connectivity index (χ1) is 8.15. The van der Waals surface area contributed by atoms with Crippen LogP contribution in [0.15, 0.2) is 28.7 Å². The molecule has 0 radical (unpaired) electrons. The van der Waals surface area contributed by atoms with E-state index in [-0.39, 0.29) is 12.1 Å². The van der Waals surface area contributed by atoms with Gasteiger partial charge in [0.1, 0.15) is 0 Å². The molecule has 1 aromatic rings. The first kappa shape index (κ1) is 14.5. The van der Waals surface area contributed by atoms with Gasteiger partial charge in [0.05, 0.1) is 12.1 Å². The van der Waals surface area contributed by atoms with E-state index >= 15 is 0 Å². The molecule has 0 aromatic heterocycles. The molecule has 0 fully saturated rings. The molecule has 1 rings (SSSR count). The molecule has 0 amide bonds. The zero-order valence-corrected chi connectivity index (χ0v) is 12.3. The zero-order valence-electron chi connectivity index (χ0n) is 10.7. The van der Waals surface area contributed by atoms with Crippen LogP contribution in [0.5, 0.6) is 0 Å².